The van der Waals surface area contributed by atoms with E-state index in [0.717, 1.165) is 18.3 Å². The van der Waals surface area contributed by atoms with Gasteiger partial charge in [0.1, 0.15) is 5.78 Å². The van der Waals surface area contributed by atoms with Gasteiger partial charge in [0.05, 0.1) is 0 Å². The summed E-state index contributed by atoms with van der Waals surface area (Å²) in [7, 11) is 0. The van der Waals surface area contributed by atoms with E-state index in [1.165, 1.54) is 25.7 Å². The molecule has 0 heterocycles. The summed E-state index contributed by atoms with van der Waals surface area (Å²) in [5.41, 5.74) is 0.281. The van der Waals surface area contributed by atoms with Crippen molar-refractivity contribution < 1.29 is 4.79 Å². The van der Waals surface area contributed by atoms with Crippen LogP contribution in [0.15, 0.2) is 0 Å². The Balaban J connectivity index is 1.98. The van der Waals surface area contributed by atoms with Crippen LogP contribution < -0.4 is 0 Å². The predicted molar refractivity (Wildman–Crippen MR) is 37.5 cm³/mol. The van der Waals surface area contributed by atoms with Gasteiger partial charge < -0.3 is 0 Å². The first kappa shape index (κ1) is 5.34. The van der Waals surface area contributed by atoms with Crippen LogP contribution in [0.25, 0.3) is 0 Å². The SMILES string of the molecule is O=C1CC12CC1CCC2C1. The summed E-state index contributed by atoms with van der Waals surface area (Å²) in [4.78, 5) is 11.1. The van der Waals surface area contributed by atoms with Crippen molar-refractivity contribution in [3.8, 4) is 0 Å². The number of carbonyl (C=O) groups excluding carboxylic acids is 1. The van der Waals surface area contributed by atoms with Crippen molar-refractivity contribution in [1.29, 1.82) is 0 Å². The summed E-state index contributed by atoms with van der Waals surface area (Å²) < 4.78 is 0. The Morgan fingerprint density at radius 2 is 2.20 bits per heavy atom. The van der Waals surface area contributed by atoms with E-state index >= 15 is 0 Å². The highest BCUT2D eigenvalue weighted by atomic mass is 16.1. The molecule has 3 unspecified atom stereocenters. The fourth-order valence-electron chi connectivity index (χ4n) is 3.24. The first-order chi connectivity index (χ1) is 4.81. The van der Waals surface area contributed by atoms with Gasteiger partial charge in [0, 0.05) is 11.8 Å². The number of Topliss-reactive ketones (excluding diaryl/α,β-unsaturated/α-hetero) is 1. The van der Waals surface area contributed by atoms with Crippen LogP contribution in [0.5, 0.6) is 0 Å². The van der Waals surface area contributed by atoms with Gasteiger partial charge in [-0.2, -0.15) is 0 Å². The summed E-state index contributed by atoms with van der Waals surface area (Å²) in [6.07, 6.45) is 6.35. The molecule has 3 saturated carbocycles. The van der Waals surface area contributed by atoms with Gasteiger partial charge in [-0.15, -0.1) is 0 Å². The lowest BCUT2D eigenvalue weighted by Crippen LogP contribution is -2.13. The minimum absolute atomic E-state index is 0.281. The lowest BCUT2D eigenvalue weighted by molar-refractivity contribution is -0.113. The molecular weight excluding hydrogens is 124 g/mol. The van der Waals surface area contributed by atoms with Crippen molar-refractivity contribution in [1.82, 2.24) is 0 Å². The number of fused-ring (bicyclic) bond motifs is 3. The molecule has 0 aromatic heterocycles. The molecule has 1 heteroatoms. The Morgan fingerprint density at radius 3 is 2.50 bits per heavy atom. The molecule has 1 spiro atoms. The molecule has 3 aliphatic carbocycles. The highest BCUT2D eigenvalue weighted by molar-refractivity contribution is 6.01. The van der Waals surface area contributed by atoms with Gasteiger partial charge in [-0.1, -0.05) is 6.42 Å². The van der Waals surface area contributed by atoms with Crippen molar-refractivity contribution in [3.05, 3.63) is 0 Å². The number of hydrogen-bond acceptors (Lipinski definition) is 1. The average molecular weight is 136 g/mol. The molecule has 3 rings (SSSR count). The van der Waals surface area contributed by atoms with Crippen molar-refractivity contribution in [2.75, 3.05) is 0 Å². The topological polar surface area (TPSA) is 17.1 Å². The summed E-state index contributed by atoms with van der Waals surface area (Å²) in [6.45, 7) is 0. The second-order valence-corrected chi connectivity index (χ2v) is 4.34. The van der Waals surface area contributed by atoms with E-state index in [4.69, 9.17) is 0 Å². The first-order valence-corrected chi connectivity index (χ1v) is 4.34. The van der Waals surface area contributed by atoms with Gasteiger partial charge in [0.25, 0.3) is 0 Å². The van der Waals surface area contributed by atoms with Crippen LogP contribution in [0.4, 0.5) is 0 Å². The maximum atomic E-state index is 11.1. The van der Waals surface area contributed by atoms with Gasteiger partial charge in [-0.05, 0) is 31.1 Å². The second-order valence-electron chi connectivity index (χ2n) is 4.34. The maximum Gasteiger partial charge on any atom is 0.140 e. The van der Waals surface area contributed by atoms with Crippen LogP contribution in [0.3, 0.4) is 0 Å². The molecule has 0 N–H and O–H groups in total. The molecule has 10 heavy (non-hydrogen) atoms. The fraction of sp³-hybridized carbons (Fsp3) is 0.889. The van der Waals surface area contributed by atoms with E-state index in [1.54, 1.807) is 0 Å². The Labute approximate surface area is 60.8 Å². The smallest absolute Gasteiger partial charge is 0.140 e. The summed E-state index contributed by atoms with van der Waals surface area (Å²) >= 11 is 0. The standard InChI is InChI=1S/C9H12O/c10-8-5-9(8)4-6-1-2-7(9)3-6/h6-7H,1-5H2. The first-order valence-electron chi connectivity index (χ1n) is 4.34. The van der Waals surface area contributed by atoms with E-state index < -0.39 is 0 Å². The molecule has 3 aliphatic rings. The lowest BCUT2D eigenvalue weighted by Gasteiger charge is -2.17. The summed E-state index contributed by atoms with van der Waals surface area (Å²) in [6, 6.07) is 0. The van der Waals surface area contributed by atoms with E-state index in [2.05, 4.69) is 0 Å². The van der Waals surface area contributed by atoms with Crippen LogP contribution in [0, 0.1) is 17.3 Å². The molecule has 2 bridgehead atoms. The molecule has 1 nitrogen and oxygen atoms in total. The normalized spacial score (nSPS) is 56.6. The zero-order valence-corrected chi connectivity index (χ0v) is 6.10. The zero-order chi connectivity index (χ0) is 6.77. The number of carbonyl (C=O) groups is 1. The largest absolute Gasteiger partial charge is 0.299 e. The third-order valence-electron chi connectivity index (χ3n) is 3.88. The fourth-order valence-corrected chi connectivity index (χ4v) is 3.24. The monoisotopic (exact) mass is 136 g/mol. The van der Waals surface area contributed by atoms with Gasteiger partial charge in [0.2, 0.25) is 0 Å². The zero-order valence-electron chi connectivity index (χ0n) is 6.10. The van der Waals surface area contributed by atoms with Crippen LogP contribution in [0.2, 0.25) is 0 Å². The highest BCUT2D eigenvalue weighted by Gasteiger charge is 2.64. The molecule has 0 aliphatic heterocycles. The average Bonchev–Trinajstić information content (AvgIpc) is 2.31. The van der Waals surface area contributed by atoms with Crippen LogP contribution in [-0.2, 0) is 4.79 Å². The molecule has 0 aromatic carbocycles. The van der Waals surface area contributed by atoms with E-state index in [9.17, 15) is 4.79 Å². The molecule has 0 radical (unpaired) electrons. The molecule has 0 amide bonds. The van der Waals surface area contributed by atoms with Gasteiger partial charge in [0.15, 0.2) is 0 Å². The van der Waals surface area contributed by atoms with Gasteiger partial charge in [-0.25, -0.2) is 0 Å². The highest BCUT2D eigenvalue weighted by Crippen LogP contribution is 2.65. The quantitative estimate of drug-likeness (QED) is 0.496. The molecular formula is C9H12O. The molecule has 3 atom stereocenters. The maximum absolute atomic E-state index is 11.1. The third-order valence-corrected chi connectivity index (χ3v) is 3.88. The van der Waals surface area contributed by atoms with Crippen molar-refractivity contribution in [2.24, 2.45) is 17.3 Å². The van der Waals surface area contributed by atoms with E-state index in [-0.39, 0.29) is 5.41 Å². The minimum Gasteiger partial charge on any atom is -0.299 e. The Bertz CT molecular complexity index is 209. The number of rotatable bonds is 0. The number of ketones is 1. The van der Waals surface area contributed by atoms with E-state index in [1.807, 2.05) is 0 Å². The number of hydrogen-bond donors (Lipinski definition) is 0. The Kier molecular flexibility index (Phi) is 0.704. The lowest BCUT2D eigenvalue weighted by atomic mass is 9.86. The van der Waals surface area contributed by atoms with E-state index in [0.29, 0.717) is 5.78 Å². The molecule has 0 aromatic rings. The van der Waals surface area contributed by atoms with Crippen molar-refractivity contribution in [3.63, 3.8) is 0 Å². The summed E-state index contributed by atoms with van der Waals surface area (Å²) in [5.74, 6) is 2.35. The van der Waals surface area contributed by atoms with Crippen molar-refractivity contribution >= 4 is 5.78 Å². The third kappa shape index (κ3) is 0.415. The minimum atomic E-state index is 0.281. The van der Waals surface area contributed by atoms with Crippen LogP contribution >= 0.6 is 0 Å². The predicted octanol–water partition coefficient (Wildman–Crippen LogP) is 1.77. The van der Waals surface area contributed by atoms with Crippen LogP contribution in [-0.4, -0.2) is 5.78 Å². The van der Waals surface area contributed by atoms with Gasteiger partial charge in [-0.3, -0.25) is 4.79 Å². The molecule has 3 fully saturated rings. The van der Waals surface area contributed by atoms with Gasteiger partial charge >= 0.3 is 0 Å². The Morgan fingerprint density at radius 1 is 1.40 bits per heavy atom. The van der Waals surface area contributed by atoms with Crippen LogP contribution in [0.1, 0.15) is 32.1 Å². The van der Waals surface area contributed by atoms with Crippen molar-refractivity contribution in [2.45, 2.75) is 32.1 Å². The Hall–Kier alpha value is -0.330. The second kappa shape index (κ2) is 1.32. The molecule has 0 saturated heterocycles. The molecule has 54 valence electrons. The summed E-state index contributed by atoms with van der Waals surface area (Å²) in [5, 5.41) is 0.